The molecule has 96 valence electrons. The first-order valence-corrected chi connectivity index (χ1v) is 5.81. The van der Waals surface area contributed by atoms with Crippen molar-refractivity contribution >= 4 is 11.9 Å². The average Bonchev–Trinajstić information content (AvgIpc) is 2.45. The molecule has 0 unspecified atom stereocenters. The van der Waals surface area contributed by atoms with Gasteiger partial charge in [-0.1, -0.05) is 19.9 Å². The van der Waals surface area contributed by atoms with Crippen molar-refractivity contribution in [2.75, 3.05) is 0 Å². The predicted molar refractivity (Wildman–Crippen MR) is 62.4 cm³/mol. The number of rotatable bonds is 2. The molecule has 1 heterocycles. The van der Waals surface area contributed by atoms with Crippen molar-refractivity contribution < 1.29 is 24.2 Å². The zero-order valence-corrected chi connectivity index (χ0v) is 10.2. The molecule has 0 amide bonds. The van der Waals surface area contributed by atoms with Gasteiger partial charge in [-0.05, 0) is 25.0 Å². The lowest BCUT2D eigenvalue weighted by atomic mass is 9.82. The Labute approximate surface area is 104 Å². The van der Waals surface area contributed by atoms with Crippen molar-refractivity contribution in [1.82, 2.24) is 0 Å². The molecule has 0 fully saturated rings. The first-order chi connectivity index (χ1) is 8.55. The summed E-state index contributed by atoms with van der Waals surface area (Å²) in [4.78, 5) is 24.2. The van der Waals surface area contributed by atoms with E-state index in [0.29, 0.717) is 0 Å². The Morgan fingerprint density at radius 1 is 1.11 bits per heavy atom. The highest BCUT2D eigenvalue weighted by molar-refractivity contribution is 6.03. The molecule has 5 heteroatoms. The molecule has 5 nitrogen and oxygen atoms in total. The van der Waals surface area contributed by atoms with Crippen LogP contribution in [0.3, 0.4) is 0 Å². The van der Waals surface area contributed by atoms with Gasteiger partial charge in [0.1, 0.15) is 0 Å². The third kappa shape index (κ3) is 1.63. The van der Waals surface area contributed by atoms with Crippen molar-refractivity contribution in [1.29, 1.82) is 0 Å². The summed E-state index contributed by atoms with van der Waals surface area (Å²) in [5.74, 6) is -1.58. The summed E-state index contributed by atoms with van der Waals surface area (Å²) in [6.07, 6.45) is 0.575. The van der Waals surface area contributed by atoms with E-state index in [9.17, 15) is 14.7 Å². The molecule has 2 rings (SSSR count). The molecule has 0 saturated carbocycles. The highest BCUT2D eigenvalue weighted by atomic mass is 16.6. The third-order valence-electron chi connectivity index (χ3n) is 3.34. The van der Waals surface area contributed by atoms with Crippen molar-refractivity contribution in [3.63, 3.8) is 0 Å². The molecule has 1 aromatic rings. The van der Waals surface area contributed by atoms with Gasteiger partial charge in [-0.2, -0.15) is 0 Å². The number of hydrogen-bond donors (Lipinski definition) is 1. The summed E-state index contributed by atoms with van der Waals surface area (Å²) in [5.41, 5.74) is -1.30. The fourth-order valence-corrected chi connectivity index (χ4v) is 1.99. The van der Waals surface area contributed by atoms with Crippen LogP contribution < -0.4 is 9.47 Å². The van der Waals surface area contributed by atoms with Gasteiger partial charge in [0.2, 0.25) is 5.75 Å². The van der Waals surface area contributed by atoms with Crippen LogP contribution in [0, 0.1) is 5.41 Å². The van der Waals surface area contributed by atoms with Crippen LogP contribution >= 0.6 is 0 Å². The molecule has 0 aliphatic carbocycles. The Kier molecular flexibility index (Phi) is 2.98. The minimum Gasteiger partial charge on any atom is -0.504 e. The predicted octanol–water partition coefficient (Wildman–Crippen LogP) is 2.02. The summed E-state index contributed by atoms with van der Waals surface area (Å²) < 4.78 is 10.3. The van der Waals surface area contributed by atoms with Crippen LogP contribution in [0.5, 0.6) is 17.2 Å². The van der Waals surface area contributed by atoms with Crippen molar-refractivity contribution in [3.8, 4) is 17.2 Å². The van der Waals surface area contributed by atoms with Crippen LogP contribution in [0.15, 0.2) is 18.2 Å². The van der Waals surface area contributed by atoms with Gasteiger partial charge in [0.05, 0.1) is 0 Å². The van der Waals surface area contributed by atoms with Gasteiger partial charge >= 0.3 is 11.9 Å². The lowest BCUT2D eigenvalue weighted by molar-refractivity contribution is -0.159. The number of benzene rings is 1. The maximum absolute atomic E-state index is 12.1. The highest BCUT2D eigenvalue weighted by Crippen LogP contribution is 2.43. The number of aromatic hydroxyl groups is 1. The largest absolute Gasteiger partial charge is 0.504 e. The molecule has 1 N–H and O–H groups in total. The monoisotopic (exact) mass is 250 g/mol. The number of carbonyl (C=O) groups excluding carboxylic acids is 2. The standard InChI is InChI=1S/C13H14O5/c1-3-13(4-2)11(15)17-9-7-5-6-8(14)10(9)18-12(13)16/h5-7,14H,3-4H2,1-2H3. The second kappa shape index (κ2) is 4.33. The minimum atomic E-state index is -1.30. The number of carbonyl (C=O) groups is 2. The Bertz CT molecular complexity index is 502. The fraction of sp³-hybridized carbons (Fsp3) is 0.385. The maximum Gasteiger partial charge on any atom is 0.329 e. The SMILES string of the molecule is CCC1(CC)C(=O)Oc2cccc(O)c2OC1=O. The molecular weight excluding hydrogens is 236 g/mol. The van der Waals surface area contributed by atoms with E-state index in [1.54, 1.807) is 13.8 Å². The fourth-order valence-electron chi connectivity index (χ4n) is 1.99. The summed E-state index contributed by atoms with van der Waals surface area (Å²) in [6, 6.07) is 4.35. The second-order valence-corrected chi connectivity index (χ2v) is 4.17. The number of hydrogen-bond acceptors (Lipinski definition) is 5. The topological polar surface area (TPSA) is 72.8 Å². The van der Waals surface area contributed by atoms with E-state index in [-0.39, 0.29) is 30.1 Å². The summed E-state index contributed by atoms with van der Waals surface area (Å²) >= 11 is 0. The van der Waals surface area contributed by atoms with Crippen LogP contribution in [0.1, 0.15) is 26.7 Å². The first kappa shape index (κ1) is 12.4. The van der Waals surface area contributed by atoms with Crippen molar-refractivity contribution in [2.24, 2.45) is 5.41 Å². The molecule has 0 bridgehead atoms. The number of ether oxygens (including phenoxy) is 2. The van der Waals surface area contributed by atoms with Gasteiger partial charge in [-0.25, -0.2) is 0 Å². The average molecular weight is 250 g/mol. The summed E-state index contributed by atoms with van der Waals surface area (Å²) in [6.45, 7) is 3.45. The van der Waals surface area contributed by atoms with Crippen LogP contribution in [-0.4, -0.2) is 17.0 Å². The van der Waals surface area contributed by atoms with Gasteiger partial charge in [0.15, 0.2) is 16.9 Å². The Balaban J connectivity index is 2.54. The molecule has 18 heavy (non-hydrogen) atoms. The van der Waals surface area contributed by atoms with Crippen molar-refractivity contribution in [3.05, 3.63) is 18.2 Å². The Morgan fingerprint density at radius 2 is 1.72 bits per heavy atom. The Hall–Kier alpha value is -2.04. The van der Waals surface area contributed by atoms with Crippen LogP contribution in [0.4, 0.5) is 0 Å². The molecule has 0 aromatic heterocycles. The van der Waals surface area contributed by atoms with E-state index in [2.05, 4.69) is 0 Å². The maximum atomic E-state index is 12.1. The molecule has 1 aliphatic heterocycles. The second-order valence-electron chi connectivity index (χ2n) is 4.17. The number of phenolic OH excluding ortho intramolecular Hbond substituents is 1. The first-order valence-electron chi connectivity index (χ1n) is 5.81. The number of esters is 2. The quantitative estimate of drug-likeness (QED) is 0.494. The summed E-state index contributed by atoms with van der Waals surface area (Å²) in [5, 5.41) is 9.63. The van der Waals surface area contributed by atoms with Crippen LogP contribution in [0.2, 0.25) is 0 Å². The normalized spacial score (nSPS) is 17.4. The smallest absolute Gasteiger partial charge is 0.329 e. The minimum absolute atomic E-state index is 0.0668. The van der Waals surface area contributed by atoms with E-state index in [0.717, 1.165) is 0 Å². The number of phenols is 1. The van der Waals surface area contributed by atoms with E-state index in [1.165, 1.54) is 18.2 Å². The van der Waals surface area contributed by atoms with Gasteiger partial charge in [-0.15, -0.1) is 0 Å². The van der Waals surface area contributed by atoms with E-state index in [1.807, 2.05) is 0 Å². The molecular formula is C13H14O5. The number of para-hydroxylation sites is 1. The number of fused-ring (bicyclic) bond motifs is 1. The van der Waals surface area contributed by atoms with E-state index >= 15 is 0 Å². The van der Waals surface area contributed by atoms with Gasteiger partial charge in [0, 0.05) is 0 Å². The lowest BCUT2D eigenvalue weighted by Crippen LogP contribution is -2.42. The van der Waals surface area contributed by atoms with Gasteiger partial charge in [-0.3, -0.25) is 9.59 Å². The zero-order chi connectivity index (χ0) is 13.3. The van der Waals surface area contributed by atoms with Gasteiger partial charge in [0.25, 0.3) is 0 Å². The van der Waals surface area contributed by atoms with Crippen LogP contribution in [-0.2, 0) is 9.59 Å². The van der Waals surface area contributed by atoms with Gasteiger partial charge < -0.3 is 14.6 Å². The van der Waals surface area contributed by atoms with E-state index < -0.39 is 17.4 Å². The Morgan fingerprint density at radius 3 is 2.33 bits per heavy atom. The molecule has 1 aromatic carbocycles. The highest BCUT2D eigenvalue weighted by Gasteiger charge is 2.49. The molecule has 0 radical (unpaired) electrons. The van der Waals surface area contributed by atoms with E-state index in [4.69, 9.17) is 9.47 Å². The zero-order valence-electron chi connectivity index (χ0n) is 10.2. The molecule has 0 saturated heterocycles. The van der Waals surface area contributed by atoms with Crippen LogP contribution in [0.25, 0.3) is 0 Å². The molecule has 1 aliphatic rings. The molecule has 0 atom stereocenters. The summed E-state index contributed by atoms with van der Waals surface area (Å²) in [7, 11) is 0. The van der Waals surface area contributed by atoms with Crippen molar-refractivity contribution in [2.45, 2.75) is 26.7 Å². The third-order valence-corrected chi connectivity index (χ3v) is 3.34. The molecule has 0 spiro atoms. The lowest BCUT2D eigenvalue weighted by Gasteiger charge is -2.22.